The number of hydrogen-bond donors (Lipinski definition) is 2. The summed E-state index contributed by atoms with van der Waals surface area (Å²) in [6, 6.07) is -0.833. The summed E-state index contributed by atoms with van der Waals surface area (Å²) < 4.78 is 0. The number of rotatable bonds is 0. The number of nitrogens with two attached hydrogens (primary N) is 2. The molecule has 0 spiro atoms. The molecule has 0 fully saturated rings. The van der Waals surface area contributed by atoms with Gasteiger partial charge in [-0.2, -0.15) is 0 Å². The van der Waals surface area contributed by atoms with Crippen LogP contribution < -0.4 is 11.5 Å². The van der Waals surface area contributed by atoms with Crippen LogP contribution in [0.1, 0.15) is 1.43 Å². The van der Waals surface area contributed by atoms with Crippen LogP contribution in [0.5, 0.6) is 0 Å². The molecule has 0 aromatic rings. The molecular formula is CH6CaClN2O+3. The largest absolute Gasteiger partial charge is 2.00 e. The molecule has 2 amide bonds. The number of amides is 2. The van der Waals surface area contributed by atoms with E-state index in [-0.39, 0.29) is 51.6 Å². The van der Waals surface area contributed by atoms with Crippen molar-refractivity contribution in [3.8, 4) is 0 Å². The fourth-order valence-electron chi connectivity index (χ4n) is 0. The predicted molar refractivity (Wildman–Crippen MR) is 27.9 cm³/mol. The SMILES string of the molecule is Cl.NC(N)=O.[Ca+2].[H+]. The van der Waals surface area contributed by atoms with Crippen LogP contribution in [0.2, 0.25) is 0 Å². The van der Waals surface area contributed by atoms with E-state index in [1.165, 1.54) is 0 Å². The molecule has 0 unspecified atom stereocenters. The molecule has 0 aromatic heterocycles. The Labute approximate surface area is 73.3 Å². The first-order valence-corrected chi connectivity index (χ1v) is 0.781. The second-order valence-corrected chi connectivity index (χ2v) is 0.402. The molecule has 0 saturated heterocycles. The van der Waals surface area contributed by atoms with Crippen molar-refractivity contribution >= 4 is 56.2 Å². The molecule has 0 heterocycles. The fraction of sp³-hybridized carbons (Fsp3) is 0. The summed E-state index contributed by atoms with van der Waals surface area (Å²) >= 11 is 0. The first kappa shape index (κ1) is 15.8. The van der Waals surface area contributed by atoms with Crippen LogP contribution >= 0.6 is 12.4 Å². The number of carbonyl (C=O) groups excluding carboxylic acids is 1. The number of primary amides is 2. The standard InChI is InChI=1S/CH4N2O.Ca.ClH/c2-1(3)4;;/h(H4,2,3,4);;1H/q;+2;/p+1. The molecule has 0 bridgehead atoms. The minimum Gasteiger partial charge on any atom is -0.352 e. The number of hydrogen-bond acceptors (Lipinski definition) is 1. The average molecular weight is 138 g/mol. The van der Waals surface area contributed by atoms with Crippen molar-refractivity contribution in [2.45, 2.75) is 0 Å². The van der Waals surface area contributed by atoms with Gasteiger partial charge in [0.1, 0.15) is 0 Å². The molecular weight excluding hydrogens is 132 g/mol. The Kier molecular flexibility index (Phi) is 24.4. The second kappa shape index (κ2) is 9.27. The smallest absolute Gasteiger partial charge is 0.352 e. The maximum atomic E-state index is 9.00. The van der Waals surface area contributed by atoms with Gasteiger partial charge in [0.05, 0.1) is 0 Å². The minimum absolute atomic E-state index is 0. The van der Waals surface area contributed by atoms with Crippen LogP contribution in [0.15, 0.2) is 0 Å². The number of halogens is 1. The van der Waals surface area contributed by atoms with Gasteiger partial charge in [-0.3, -0.25) is 0 Å². The van der Waals surface area contributed by atoms with Crippen molar-refractivity contribution < 1.29 is 6.22 Å². The van der Waals surface area contributed by atoms with Gasteiger partial charge in [0.15, 0.2) is 0 Å². The Hall–Kier alpha value is 0.820. The van der Waals surface area contributed by atoms with Gasteiger partial charge in [-0.25, -0.2) is 4.79 Å². The van der Waals surface area contributed by atoms with E-state index in [2.05, 4.69) is 11.5 Å². The molecule has 0 aromatic carbocycles. The molecule has 5 heteroatoms. The van der Waals surface area contributed by atoms with E-state index >= 15 is 0 Å². The first-order valence-electron chi connectivity index (χ1n) is 0.781. The maximum Gasteiger partial charge on any atom is 2.00 e. The molecule has 0 aliphatic rings. The van der Waals surface area contributed by atoms with Gasteiger partial charge < -0.3 is 11.5 Å². The Morgan fingerprint density at radius 1 is 1.50 bits per heavy atom. The van der Waals surface area contributed by atoms with E-state index in [0.29, 0.717) is 0 Å². The van der Waals surface area contributed by atoms with E-state index in [1.54, 1.807) is 0 Å². The summed E-state index contributed by atoms with van der Waals surface area (Å²) in [7, 11) is 0. The van der Waals surface area contributed by atoms with E-state index in [1.807, 2.05) is 0 Å². The summed E-state index contributed by atoms with van der Waals surface area (Å²) in [6.45, 7) is 0. The van der Waals surface area contributed by atoms with Gasteiger partial charge in [0.2, 0.25) is 0 Å². The average Bonchev–Trinajstić information content (AvgIpc) is 0.811. The number of urea groups is 1. The van der Waals surface area contributed by atoms with Gasteiger partial charge in [-0.05, 0) is 0 Å². The molecule has 4 N–H and O–H groups in total. The molecule has 0 atom stereocenters. The second-order valence-electron chi connectivity index (χ2n) is 0.402. The molecule has 0 rings (SSSR count). The summed E-state index contributed by atoms with van der Waals surface area (Å²) in [4.78, 5) is 9.00. The zero-order valence-corrected chi connectivity index (χ0v) is 6.20. The van der Waals surface area contributed by atoms with Gasteiger partial charge in [0, 0.05) is 0 Å². The first-order chi connectivity index (χ1) is 1.73. The monoisotopic (exact) mass is 137 g/mol. The molecule has 6 heavy (non-hydrogen) atoms. The van der Waals surface area contributed by atoms with Crippen LogP contribution in [0.3, 0.4) is 0 Å². The molecule has 0 aliphatic heterocycles. The summed E-state index contributed by atoms with van der Waals surface area (Å²) in [5.41, 5.74) is 8.50. The normalized spacial score (nSPS) is 4.00. The summed E-state index contributed by atoms with van der Waals surface area (Å²) in [6.07, 6.45) is 0. The molecule has 0 radical (unpaired) electrons. The number of carbonyl (C=O) groups is 1. The third kappa shape index (κ3) is 105. The van der Waals surface area contributed by atoms with E-state index in [0.717, 1.165) is 0 Å². The maximum absolute atomic E-state index is 9.00. The van der Waals surface area contributed by atoms with Gasteiger partial charge >= 0.3 is 45.2 Å². The Bertz CT molecular complexity index is 40.7. The van der Waals surface area contributed by atoms with Crippen molar-refractivity contribution in [1.82, 2.24) is 0 Å². The van der Waals surface area contributed by atoms with E-state index in [9.17, 15) is 0 Å². The van der Waals surface area contributed by atoms with Crippen LogP contribution in [-0.2, 0) is 0 Å². The van der Waals surface area contributed by atoms with Crippen molar-refractivity contribution in [2.24, 2.45) is 11.5 Å². The third-order valence-electron chi connectivity index (χ3n) is 0. The predicted octanol–water partition coefficient (Wildman–Crippen LogP) is -0.823. The van der Waals surface area contributed by atoms with Crippen molar-refractivity contribution in [3.05, 3.63) is 0 Å². The van der Waals surface area contributed by atoms with Gasteiger partial charge in [-0.1, -0.05) is 0 Å². The van der Waals surface area contributed by atoms with Crippen LogP contribution in [0.4, 0.5) is 4.79 Å². The third-order valence-corrected chi connectivity index (χ3v) is 0. The van der Waals surface area contributed by atoms with Crippen molar-refractivity contribution in [2.75, 3.05) is 0 Å². The zero-order valence-electron chi connectivity index (χ0n) is 4.18. The van der Waals surface area contributed by atoms with Gasteiger partial charge in [-0.15, -0.1) is 12.4 Å². The summed E-state index contributed by atoms with van der Waals surface area (Å²) in [5.74, 6) is 0. The van der Waals surface area contributed by atoms with Crippen LogP contribution in [-0.4, -0.2) is 43.8 Å². The molecule has 0 aliphatic carbocycles. The Balaban J connectivity index is -0.0000000150. The Morgan fingerprint density at radius 2 is 1.50 bits per heavy atom. The quantitative estimate of drug-likeness (QED) is 0.421. The fourth-order valence-corrected chi connectivity index (χ4v) is 0. The minimum atomic E-state index is -0.833. The van der Waals surface area contributed by atoms with Crippen LogP contribution in [0.25, 0.3) is 0 Å². The van der Waals surface area contributed by atoms with E-state index in [4.69, 9.17) is 4.79 Å². The van der Waals surface area contributed by atoms with Crippen molar-refractivity contribution in [1.29, 1.82) is 0 Å². The zero-order chi connectivity index (χ0) is 3.58. The Morgan fingerprint density at radius 3 is 1.50 bits per heavy atom. The van der Waals surface area contributed by atoms with Gasteiger partial charge in [0.25, 0.3) is 0 Å². The van der Waals surface area contributed by atoms with E-state index < -0.39 is 6.03 Å². The molecule has 32 valence electrons. The van der Waals surface area contributed by atoms with Crippen LogP contribution in [0, 0.1) is 0 Å². The summed E-state index contributed by atoms with van der Waals surface area (Å²) in [5, 5.41) is 0. The topological polar surface area (TPSA) is 69.1 Å². The molecule has 0 saturated carbocycles. The molecule has 3 nitrogen and oxygen atoms in total. The van der Waals surface area contributed by atoms with Crippen molar-refractivity contribution in [3.63, 3.8) is 0 Å².